The minimum atomic E-state index is -1.51. The molecule has 9 heteroatoms. The first kappa shape index (κ1) is 21.9. The van der Waals surface area contributed by atoms with Gasteiger partial charge in [-0.2, -0.15) is 0 Å². The fourth-order valence-corrected chi connectivity index (χ4v) is 5.16. The average molecular weight is 426 g/mol. The minimum Gasteiger partial charge on any atom is -0.461 e. The van der Waals surface area contributed by atoms with E-state index in [-0.39, 0.29) is 36.4 Å². The standard InChI is InChI=1S/C21H30O9/c1-8-11-4-3-10(7-28-21-18(26)17(25)16(24)14(6-22)29-21)15(11)19-12(5-13(8)23)9(2)20(27)30-19/h3,9,12-19,21-26H,4-7H2,1-2H3. The number of ether oxygens (including phenoxy) is 3. The zero-order valence-corrected chi connectivity index (χ0v) is 17.0. The van der Waals surface area contributed by atoms with Crippen LogP contribution in [0.25, 0.3) is 0 Å². The highest BCUT2D eigenvalue weighted by molar-refractivity contribution is 5.75. The van der Waals surface area contributed by atoms with Gasteiger partial charge in [-0.3, -0.25) is 4.79 Å². The van der Waals surface area contributed by atoms with Gasteiger partial charge in [0.1, 0.15) is 30.5 Å². The molecule has 2 aliphatic carbocycles. The summed E-state index contributed by atoms with van der Waals surface area (Å²) in [5.41, 5.74) is 2.76. The third kappa shape index (κ3) is 3.52. The Balaban J connectivity index is 1.52. The molecule has 2 aliphatic heterocycles. The first-order valence-electron chi connectivity index (χ1n) is 10.4. The number of fused-ring (bicyclic) bond motifs is 3. The van der Waals surface area contributed by atoms with E-state index in [2.05, 4.69) is 0 Å². The Morgan fingerprint density at radius 1 is 1.17 bits per heavy atom. The van der Waals surface area contributed by atoms with Crippen LogP contribution in [0.1, 0.15) is 26.7 Å². The van der Waals surface area contributed by atoms with Gasteiger partial charge < -0.3 is 39.7 Å². The number of rotatable bonds is 4. The molecule has 9 nitrogen and oxygen atoms in total. The molecule has 0 spiro atoms. The van der Waals surface area contributed by atoms with Gasteiger partial charge in [0.25, 0.3) is 0 Å². The Labute approximate surface area is 174 Å². The predicted molar refractivity (Wildman–Crippen MR) is 102 cm³/mol. The van der Waals surface area contributed by atoms with E-state index in [1.54, 1.807) is 0 Å². The summed E-state index contributed by atoms with van der Waals surface area (Å²) in [5, 5.41) is 50.0. The SMILES string of the molecule is CC1=C2CC=C(COC3OC(CO)C(O)C(O)C3O)C2C2OC(=O)C(C)C2CC1O. The predicted octanol–water partition coefficient (Wildman–Crippen LogP) is -0.992. The third-order valence-corrected chi connectivity index (χ3v) is 7.14. The maximum atomic E-state index is 12.2. The number of allylic oxidation sites excluding steroid dienone is 1. The van der Waals surface area contributed by atoms with Crippen LogP contribution in [0.5, 0.6) is 0 Å². The van der Waals surface area contributed by atoms with Gasteiger partial charge >= 0.3 is 5.97 Å². The van der Waals surface area contributed by atoms with Crippen molar-refractivity contribution in [1.29, 1.82) is 0 Å². The Morgan fingerprint density at radius 2 is 1.90 bits per heavy atom. The van der Waals surface area contributed by atoms with Crippen LogP contribution in [0.2, 0.25) is 0 Å². The number of esters is 1. The van der Waals surface area contributed by atoms with E-state index in [0.29, 0.717) is 12.8 Å². The summed E-state index contributed by atoms with van der Waals surface area (Å²) < 4.78 is 16.9. The van der Waals surface area contributed by atoms with Gasteiger partial charge in [0.15, 0.2) is 6.29 Å². The number of hydrogen-bond acceptors (Lipinski definition) is 9. The van der Waals surface area contributed by atoms with Crippen molar-refractivity contribution >= 4 is 5.97 Å². The molecule has 4 rings (SSSR count). The largest absolute Gasteiger partial charge is 0.461 e. The summed E-state index contributed by atoms with van der Waals surface area (Å²) in [6, 6.07) is 0. The lowest BCUT2D eigenvalue weighted by Crippen LogP contribution is -2.59. The van der Waals surface area contributed by atoms with Crippen molar-refractivity contribution in [3.63, 3.8) is 0 Å². The van der Waals surface area contributed by atoms with Crippen LogP contribution in [0.15, 0.2) is 22.8 Å². The lowest BCUT2D eigenvalue weighted by atomic mass is 9.80. The lowest BCUT2D eigenvalue weighted by Gasteiger charge is -2.39. The Hall–Kier alpha value is -1.33. The fourth-order valence-electron chi connectivity index (χ4n) is 5.16. The highest BCUT2D eigenvalue weighted by atomic mass is 16.7. The molecule has 0 bridgehead atoms. The second kappa shape index (κ2) is 8.31. The average Bonchev–Trinajstić information content (AvgIpc) is 3.24. The molecule has 0 saturated carbocycles. The van der Waals surface area contributed by atoms with Crippen LogP contribution >= 0.6 is 0 Å². The quantitative estimate of drug-likeness (QED) is 0.282. The van der Waals surface area contributed by atoms with Crippen molar-refractivity contribution in [3.05, 3.63) is 22.8 Å². The van der Waals surface area contributed by atoms with E-state index in [4.69, 9.17) is 14.2 Å². The van der Waals surface area contributed by atoms with Crippen molar-refractivity contribution in [2.45, 2.75) is 69.6 Å². The summed E-state index contributed by atoms with van der Waals surface area (Å²) in [5.74, 6) is -0.896. The molecule has 0 aromatic carbocycles. The van der Waals surface area contributed by atoms with Crippen LogP contribution in [0.3, 0.4) is 0 Å². The van der Waals surface area contributed by atoms with Crippen molar-refractivity contribution < 1.29 is 44.5 Å². The molecule has 4 aliphatic rings. The van der Waals surface area contributed by atoms with Crippen molar-refractivity contribution in [3.8, 4) is 0 Å². The second-order valence-electron chi connectivity index (χ2n) is 8.78. The van der Waals surface area contributed by atoms with Crippen molar-refractivity contribution in [1.82, 2.24) is 0 Å². The van der Waals surface area contributed by atoms with Gasteiger partial charge in [0, 0.05) is 11.8 Å². The maximum Gasteiger partial charge on any atom is 0.309 e. The summed E-state index contributed by atoms with van der Waals surface area (Å²) >= 11 is 0. The van der Waals surface area contributed by atoms with Crippen LogP contribution in [0, 0.1) is 17.8 Å². The van der Waals surface area contributed by atoms with Gasteiger partial charge in [0.05, 0.1) is 25.2 Å². The van der Waals surface area contributed by atoms with Gasteiger partial charge in [-0.25, -0.2) is 0 Å². The molecule has 0 amide bonds. The van der Waals surface area contributed by atoms with Crippen molar-refractivity contribution in [2.24, 2.45) is 17.8 Å². The highest BCUT2D eigenvalue weighted by Gasteiger charge is 2.51. The molecule has 0 aromatic heterocycles. The zero-order chi connectivity index (χ0) is 21.7. The molecule has 2 saturated heterocycles. The highest BCUT2D eigenvalue weighted by Crippen LogP contribution is 2.49. The first-order chi connectivity index (χ1) is 14.2. The minimum absolute atomic E-state index is 0.0510. The Morgan fingerprint density at radius 3 is 2.60 bits per heavy atom. The number of hydrogen-bond donors (Lipinski definition) is 5. The summed E-state index contributed by atoms with van der Waals surface area (Å²) in [6.45, 7) is 3.24. The molecule has 2 heterocycles. The smallest absolute Gasteiger partial charge is 0.309 e. The number of carbonyl (C=O) groups excluding carboxylic acids is 1. The molecule has 10 atom stereocenters. The van der Waals surface area contributed by atoms with Gasteiger partial charge in [-0.15, -0.1) is 0 Å². The number of aliphatic hydroxyl groups excluding tert-OH is 5. The van der Waals surface area contributed by atoms with E-state index >= 15 is 0 Å². The van der Waals surface area contributed by atoms with Crippen LogP contribution < -0.4 is 0 Å². The summed E-state index contributed by atoms with van der Waals surface area (Å²) in [6.07, 6.45) is -4.68. The first-order valence-corrected chi connectivity index (χ1v) is 10.4. The van der Waals surface area contributed by atoms with Crippen LogP contribution in [-0.2, 0) is 19.0 Å². The molecule has 5 N–H and O–H groups in total. The van der Waals surface area contributed by atoms with E-state index < -0.39 is 43.4 Å². The summed E-state index contributed by atoms with van der Waals surface area (Å²) in [4.78, 5) is 12.2. The third-order valence-electron chi connectivity index (χ3n) is 7.14. The Bertz CT molecular complexity index is 745. The van der Waals surface area contributed by atoms with E-state index in [1.165, 1.54) is 0 Å². The van der Waals surface area contributed by atoms with Crippen LogP contribution in [0.4, 0.5) is 0 Å². The molecule has 2 fully saturated rings. The van der Waals surface area contributed by atoms with Gasteiger partial charge in [-0.05, 0) is 30.9 Å². The second-order valence-corrected chi connectivity index (χ2v) is 8.78. The summed E-state index contributed by atoms with van der Waals surface area (Å²) in [7, 11) is 0. The lowest BCUT2D eigenvalue weighted by molar-refractivity contribution is -0.299. The zero-order valence-electron chi connectivity index (χ0n) is 17.0. The fraction of sp³-hybridized carbons (Fsp3) is 0.762. The van der Waals surface area contributed by atoms with Crippen molar-refractivity contribution in [2.75, 3.05) is 13.2 Å². The van der Waals surface area contributed by atoms with Gasteiger partial charge in [-0.1, -0.05) is 18.6 Å². The molecular formula is C21H30O9. The molecule has 168 valence electrons. The molecular weight excluding hydrogens is 396 g/mol. The van der Waals surface area contributed by atoms with Crippen LogP contribution in [-0.4, -0.2) is 87.6 Å². The maximum absolute atomic E-state index is 12.2. The molecule has 30 heavy (non-hydrogen) atoms. The molecule has 0 radical (unpaired) electrons. The topological polar surface area (TPSA) is 146 Å². The van der Waals surface area contributed by atoms with E-state index in [0.717, 1.165) is 16.7 Å². The van der Waals surface area contributed by atoms with E-state index in [9.17, 15) is 30.3 Å². The Kier molecular flexibility index (Phi) is 6.06. The van der Waals surface area contributed by atoms with Gasteiger partial charge in [0.2, 0.25) is 0 Å². The number of aliphatic hydroxyl groups is 5. The molecule has 0 aromatic rings. The number of carbonyl (C=O) groups is 1. The van der Waals surface area contributed by atoms with E-state index in [1.807, 2.05) is 19.9 Å². The molecule has 10 unspecified atom stereocenters. The monoisotopic (exact) mass is 426 g/mol. The normalized spacial score (nSPS) is 46.2.